The van der Waals surface area contributed by atoms with Crippen molar-refractivity contribution in [2.24, 2.45) is 0 Å². The molecule has 26 heavy (non-hydrogen) atoms. The topological polar surface area (TPSA) is 91.6 Å². The summed E-state index contributed by atoms with van der Waals surface area (Å²) in [5.41, 5.74) is 2.84. The lowest BCUT2D eigenvalue weighted by Crippen LogP contribution is -2.14. The van der Waals surface area contributed by atoms with Crippen LogP contribution in [-0.4, -0.2) is 26.8 Å². The number of fused-ring (bicyclic) bond motifs is 1. The van der Waals surface area contributed by atoms with E-state index in [9.17, 15) is 10.1 Å². The number of rotatable bonds is 5. The molecule has 1 aliphatic carbocycles. The first kappa shape index (κ1) is 18.8. The first-order valence-electron chi connectivity index (χ1n) is 8.87. The van der Waals surface area contributed by atoms with Gasteiger partial charge in [-0.25, -0.2) is 4.98 Å². The minimum absolute atomic E-state index is 0.161. The molecular formula is C18H21N5OS2. The third-order valence-corrected chi connectivity index (χ3v) is 6.22. The van der Waals surface area contributed by atoms with Crippen molar-refractivity contribution in [1.82, 2.24) is 15.2 Å². The van der Waals surface area contributed by atoms with Crippen molar-refractivity contribution >= 4 is 34.1 Å². The molecule has 6 nitrogen and oxygen atoms in total. The van der Waals surface area contributed by atoms with Gasteiger partial charge in [-0.15, -0.1) is 10.2 Å². The summed E-state index contributed by atoms with van der Waals surface area (Å²) in [6.45, 7) is 2.00. The van der Waals surface area contributed by atoms with Crippen molar-refractivity contribution in [2.75, 3.05) is 11.1 Å². The number of hydrogen-bond donors (Lipinski definition) is 1. The standard InChI is InChI=1S/C18H21N5OS2/c1-2-16-22-23-18(26-16)21-15(24)11-25-17-13(10-19)9-12-7-5-3-4-6-8-14(12)20-17/h9H,2-8,11H2,1H3,(H,21,23,24). The number of nitriles is 1. The summed E-state index contributed by atoms with van der Waals surface area (Å²) in [7, 11) is 0. The van der Waals surface area contributed by atoms with Gasteiger partial charge in [-0.1, -0.05) is 42.9 Å². The monoisotopic (exact) mass is 387 g/mol. The molecule has 0 aromatic carbocycles. The van der Waals surface area contributed by atoms with Crippen molar-refractivity contribution in [1.29, 1.82) is 5.26 Å². The fourth-order valence-corrected chi connectivity index (χ4v) is 4.37. The molecule has 0 fully saturated rings. The maximum absolute atomic E-state index is 12.2. The quantitative estimate of drug-likeness (QED) is 0.786. The van der Waals surface area contributed by atoms with Crippen LogP contribution in [0.1, 0.15) is 54.4 Å². The van der Waals surface area contributed by atoms with Crippen molar-refractivity contribution in [3.05, 3.63) is 27.9 Å². The normalized spacial score (nSPS) is 14.0. The highest BCUT2D eigenvalue weighted by molar-refractivity contribution is 8.00. The Morgan fingerprint density at radius 2 is 2.12 bits per heavy atom. The maximum Gasteiger partial charge on any atom is 0.236 e. The number of nitrogens with zero attached hydrogens (tertiary/aromatic N) is 4. The molecule has 1 aliphatic rings. The van der Waals surface area contributed by atoms with E-state index in [2.05, 4.69) is 21.6 Å². The van der Waals surface area contributed by atoms with E-state index >= 15 is 0 Å². The van der Waals surface area contributed by atoms with E-state index in [1.54, 1.807) is 0 Å². The number of carbonyl (C=O) groups is 1. The summed E-state index contributed by atoms with van der Waals surface area (Å²) >= 11 is 2.69. The maximum atomic E-state index is 12.2. The molecule has 0 spiro atoms. The minimum atomic E-state index is -0.161. The second kappa shape index (κ2) is 9.10. The van der Waals surface area contributed by atoms with Crippen LogP contribution in [0.4, 0.5) is 5.13 Å². The Morgan fingerprint density at radius 3 is 2.85 bits per heavy atom. The molecule has 0 unspecified atom stereocenters. The van der Waals surface area contributed by atoms with E-state index < -0.39 is 0 Å². The van der Waals surface area contributed by atoms with Gasteiger partial charge in [-0.3, -0.25) is 10.1 Å². The third-order valence-electron chi connectivity index (χ3n) is 4.24. The van der Waals surface area contributed by atoms with Crippen LogP contribution >= 0.6 is 23.1 Å². The molecule has 8 heteroatoms. The number of carbonyl (C=O) groups excluding carboxylic acids is 1. The number of aryl methyl sites for hydroxylation is 3. The molecule has 0 saturated heterocycles. The summed E-state index contributed by atoms with van der Waals surface area (Å²) in [6.07, 6.45) is 7.48. The van der Waals surface area contributed by atoms with Crippen LogP contribution in [0.2, 0.25) is 0 Å². The van der Waals surface area contributed by atoms with Crippen LogP contribution < -0.4 is 5.32 Å². The second-order valence-corrected chi connectivity index (χ2v) is 8.19. The highest BCUT2D eigenvalue weighted by atomic mass is 32.2. The molecule has 0 aliphatic heterocycles. The van der Waals surface area contributed by atoms with E-state index in [0.29, 0.717) is 15.7 Å². The van der Waals surface area contributed by atoms with Gasteiger partial charge in [0, 0.05) is 5.69 Å². The van der Waals surface area contributed by atoms with E-state index in [1.807, 2.05) is 13.0 Å². The zero-order chi connectivity index (χ0) is 18.4. The number of aromatic nitrogens is 3. The van der Waals surface area contributed by atoms with Crippen LogP contribution in [-0.2, 0) is 24.1 Å². The fraction of sp³-hybridized carbons (Fsp3) is 0.500. The number of hydrogen-bond acceptors (Lipinski definition) is 7. The number of thioether (sulfide) groups is 1. The minimum Gasteiger partial charge on any atom is -0.300 e. The Hall–Kier alpha value is -1.98. The Labute approximate surface area is 161 Å². The van der Waals surface area contributed by atoms with Crippen molar-refractivity contribution in [3.63, 3.8) is 0 Å². The van der Waals surface area contributed by atoms with E-state index in [-0.39, 0.29) is 11.7 Å². The molecule has 0 bridgehead atoms. The van der Waals surface area contributed by atoms with E-state index in [1.165, 1.54) is 41.5 Å². The van der Waals surface area contributed by atoms with Gasteiger partial charge >= 0.3 is 0 Å². The zero-order valence-electron chi connectivity index (χ0n) is 14.7. The molecule has 2 aromatic heterocycles. The average molecular weight is 388 g/mol. The smallest absolute Gasteiger partial charge is 0.236 e. The zero-order valence-corrected chi connectivity index (χ0v) is 16.4. The molecule has 0 saturated carbocycles. The van der Waals surface area contributed by atoms with Crippen LogP contribution in [0.5, 0.6) is 0 Å². The molecule has 1 N–H and O–H groups in total. The van der Waals surface area contributed by atoms with Gasteiger partial charge in [0.15, 0.2) is 0 Å². The molecule has 2 aromatic rings. The molecule has 136 valence electrons. The number of anilines is 1. The molecular weight excluding hydrogens is 366 g/mol. The lowest BCUT2D eigenvalue weighted by atomic mass is 9.96. The molecule has 0 radical (unpaired) electrons. The Kier molecular flexibility index (Phi) is 6.58. The van der Waals surface area contributed by atoms with Gasteiger partial charge in [0.05, 0.1) is 11.3 Å². The lowest BCUT2D eigenvalue weighted by Gasteiger charge is -2.15. The summed E-state index contributed by atoms with van der Waals surface area (Å²) in [4.78, 5) is 16.9. The van der Waals surface area contributed by atoms with Crippen molar-refractivity contribution in [3.8, 4) is 6.07 Å². The average Bonchev–Trinajstić information content (AvgIpc) is 3.08. The summed E-state index contributed by atoms with van der Waals surface area (Å²) in [5, 5.41) is 22.2. The van der Waals surface area contributed by atoms with Gasteiger partial charge in [0.2, 0.25) is 11.0 Å². The van der Waals surface area contributed by atoms with Crippen LogP contribution in [0, 0.1) is 11.3 Å². The largest absolute Gasteiger partial charge is 0.300 e. The Bertz CT molecular complexity index is 827. The van der Waals surface area contributed by atoms with Crippen LogP contribution in [0.25, 0.3) is 0 Å². The fourth-order valence-electron chi connectivity index (χ4n) is 2.89. The van der Waals surface area contributed by atoms with E-state index in [0.717, 1.165) is 42.8 Å². The first-order valence-corrected chi connectivity index (χ1v) is 10.7. The predicted octanol–water partition coefficient (Wildman–Crippen LogP) is 3.76. The number of pyridine rings is 1. The first-order chi connectivity index (χ1) is 12.7. The highest BCUT2D eigenvalue weighted by Crippen LogP contribution is 2.27. The lowest BCUT2D eigenvalue weighted by molar-refractivity contribution is -0.113. The predicted molar refractivity (Wildman–Crippen MR) is 103 cm³/mol. The van der Waals surface area contributed by atoms with Crippen molar-refractivity contribution < 1.29 is 4.79 Å². The molecule has 3 rings (SSSR count). The van der Waals surface area contributed by atoms with E-state index in [4.69, 9.17) is 4.98 Å². The highest BCUT2D eigenvalue weighted by Gasteiger charge is 2.16. The Balaban J connectivity index is 1.67. The van der Waals surface area contributed by atoms with Gasteiger partial charge in [-0.2, -0.15) is 5.26 Å². The van der Waals surface area contributed by atoms with Crippen molar-refractivity contribution in [2.45, 2.75) is 56.9 Å². The summed E-state index contributed by atoms with van der Waals surface area (Å²) in [6, 6.07) is 4.20. The Morgan fingerprint density at radius 1 is 1.31 bits per heavy atom. The summed E-state index contributed by atoms with van der Waals surface area (Å²) in [5.74, 6) is 0.0350. The van der Waals surface area contributed by atoms with Gasteiger partial charge in [0.1, 0.15) is 16.1 Å². The summed E-state index contributed by atoms with van der Waals surface area (Å²) < 4.78 is 0. The van der Waals surface area contributed by atoms with Gasteiger partial charge in [-0.05, 0) is 43.7 Å². The third kappa shape index (κ3) is 4.80. The molecule has 0 atom stereocenters. The molecule has 2 heterocycles. The van der Waals surface area contributed by atoms with Gasteiger partial charge < -0.3 is 0 Å². The van der Waals surface area contributed by atoms with Crippen LogP contribution in [0.15, 0.2) is 11.1 Å². The second-order valence-electron chi connectivity index (χ2n) is 6.16. The van der Waals surface area contributed by atoms with Crippen LogP contribution in [0.3, 0.4) is 0 Å². The van der Waals surface area contributed by atoms with Gasteiger partial charge in [0.25, 0.3) is 0 Å². The molecule has 1 amide bonds. The number of nitrogens with one attached hydrogen (secondary N) is 1. The SMILES string of the molecule is CCc1nnc(NC(=O)CSc2nc3c(cc2C#N)CCCCCC3)s1. The number of amides is 1.